The van der Waals surface area contributed by atoms with Crippen molar-refractivity contribution >= 4 is 5.65 Å². The van der Waals surface area contributed by atoms with Crippen molar-refractivity contribution in [2.75, 3.05) is 0 Å². The Hall–Kier alpha value is -4.91. The number of ether oxygens (including phenoxy) is 2. The maximum atomic E-state index is 6.82. The van der Waals surface area contributed by atoms with Gasteiger partial charge >= 0.3 is 0 Å². The molecule has 6 aromatic rings. The quantitative estimate of drug-likeness (QED) is 0.161. The summed E-state index contributed by atoms with van der Waals surface area (Å²) in [4.78, 5) is 9.72. The van der Waals surface area contributed by atoms with Crippen molar-refractivity contribution in [3.8, 4) is 39.9 Å². The minimum atomic E-state index is -0.129. The Morgan fingerprint density at radius 3 is 2.06 bits per heavy atom. The van der Waals surface area contributed by atoms with E-state index in [1.807, 2.05) is 35.1 Å². The van der Waals surface area contributed by atoms with Crippen molar-refractivity contribution in [1.82, 2.24) is 24.1 Å². The number of nitrogens with zero attached hydrogens (tertiary/aromatic N) is 5. The highest BCUT2D eigenvalue weighted by molar-refractivity contribution is 5.69. The van der Waals surface area contributed by atoms with Gasteiger partial charge in [-0.15, -0.1) is 0 Å². The van der Waals surface area contributed by atoms with E-state index in [-0.39, 0.29) is 22.7 Å². The summed E-state index contributed by atoms with van der Waals surface area (Å²) < 4.78 is 17.6. The van der Waals surface area contributed by atoms with Gasteiger partial charge in [-0.05, 0) is 71.4 Å². The van der Waals surface area contributed by atoms with Crippen LogP contribution < -0.4 is 9.47 Å². The zero-order chi connectivity index (χ0) is 36.1. The second-order valence-corrected chi connectivity index (χ2v) is 16.1. The van der Waals surface area contributed by atoms with E-state index < -0.39 is 0 Å². The summed E-state index contributed by atoms with van der Waals surface area (Å²) in [5, 5.41) is 5.03. The van der Waals surface area contributed by atoms with E-state index >= 15 is 0 Å². The molecule has 50 heavy (non-hydrogen) atoms. The van der Waals surface area contributed by atoms with E-state index in [1.54, 1.807) is 6.20 Å². The number of fused-ring (bicyclic) bond motifs is 1. The zero-order valence-electron chi connectivity index (χ0n) is 31.7. The minimum Gasteiger partial charge on any atom is -0.456 e. The van der Waals surface area contributed by atoms with Gasteiger partial charge < -0.3 is 9.47 Å². The Morgan fingerprint density at radius 1 is 0.720 bits per heavy atom. The number of benzene rings is 2. The SMILES string of the molecule is Cc1nn(-c2cc(Oc3cc(Oc4cc(C(C)(C)C)ccn4)c4nc(C(C)C)c(C(C)C)n4c3)cc(C(C)(C)C)c2)c(C)c1-c1ccccc1. The number of hydrogen-bond donors (Lipinski definition) is 0. The Balaban J connectivity index is 1.50. The van der Waals surface area contributed by atoms with E-state index in [0.29, 0.717) is 17.4 Å². The molecule has 0 atom stereocenters. The molecule has 0 unspecified atom stereocenters. The van der Waals surface area contributed by atoms with Crippen LogP contribution in [-0.2, 0) is 10.8 Å². The Morgan fingerprint density at radius 2 is 1.42 bits per heavy atom. The smallest absolute Gasteiger partial charge is 0.219 e. The Labute approximate surface area is 297 Å². The normalized spacial score (nSPS) is 12.4. The van der Waals surface area contributed by atoms with Crippen LogP contribution in [0, 0.1) is 13.8 Å². The molecular weight excluding hydrogens is 619 g/mol. The van der Waals surface area contributed by atoms with E-state index in [9.17, 15) is 0 Å². The number of imidazole rings is 1. The van der Waals surface area contributed by atoms with Gasteiger partial charge in [0.2, 0.25) is 5.88 Å². The molecule has 260 valence electrons. The molecule has 0 saturated carbocycles. The monoisotopic (exact) mass is 669 g/mol. The van der Waals surface area contributed by atoms with Gasteiger partial charge in [-0.3, -0.25) is 4.40 Å². The summed E-state index contributed by atoms with van der Waals surface area (Å²) in [5.41, 5.74) is 10.4. The lowest BCUT2D eigenvalue weighted by molar-refractivity contribution is 0.444. The standard InChI is InChI=1S/C43H51N5O2/c1-26(2)39-40(27(3)4)47-25-35(24-36(41(47)45-39)50-37-22-31(18-19-44-37)42(7,8)9)49-34-21-32(43(10,11)12)20-33(23-34)48-29(6)38(28(5)46-48)30-16-14-13-15-17-30/h13-27H,1-12H3. The lowest BCUT2D eigenvalue weighted by Gasteiger charge is -2.22. The van der Waals surface area contributed by atoms with Crippen molar-refractivity contribution in [1.29, 1.82) is 0 Å². The molecule has 7 heteroatoms. The fourth-order valence-corrected chi connectivity index (χ4v) is 6.55. The molecule has 4 aromatic heterocycles. The molecule has 6 rings (SSSR count). The van der Waals surface area contributed by atoms with Crippen LogP contribution in [0.15, 0.2) is 79.1 Å². The van der Waals surface area contributed by atoms with Gasteiger partial charge in [0, 0.05) is 41.3 Å². The molecule has 4 heterocycles. The van der Waals surface area contributed by atoms with Crippen molar-refractivity contribution in [3.05, 3.63) is 113 Å². The number of rotatable bonds is 8. The average molecular weight is 670 g/mol. The fraction of sp³-hybridized carbons (Fsp3) is 0.372. The summed E-state index contributed by atoms with van der Waals surface area (Å²) >= 11 is 0. The summed E-state index contributed by atoms with van der Waals surface area (Å²) in [7, 11) is 0. The van der Waals surface area contributed by atoms with Crippen molar-refractivity contribution in [2.24, 2.45) is 0 Å². The molecule has 0 saturated heterocycles. The molecule has 0 fully saturated rings. The van der Waals surface area contributed by atoms with Crippen LogP contribution in [0.3, 0.4) is 0 Å². The predicted octanol–water partition coefficient (Wildman–Crippen LogP) is 11.6. The maximum Gasteiger partial charge on any atom is 0.219 e. The maximum absolute atomic E-state index is 6.82. The first-order chi connectivity index (χ1) is 23.5. The second kappa shape index (κ2) is 13.1. The molecule has 0 aliphatic rings. The van der Waals surface area contributed by atoms with Gasteiger partial charge in [-0.25, -0.2) is 14.6 Å². The molecule has 0 N–H and O–H groups in total. The summed E-state index contributed by atoms with van der Waals surface area (Å²) in [6.07, 6.45) is 3.84. The molecule has 0 aliphatic heterocycles. The van der Waals surface area contributed by atoms with Gasteiger partial charge in [0.1, 0.15) is 11.5 Å². The number of aryl methyl sites for hydroxylation is 1. The van der Waals surface area contributed by atoms with Gasteiger partial charge in [-0.2, -0.15) is 5.10 Å². The lowest BCUT2D eigenvalue weighted by atomic mass is 9.86. The third-order valence-corrected chi connectivity index (χ3v) is 9.23. The van der Waals surface area contributed by atoms with E-state index in [2.05, 4.69) is 135 Å². The zero-order valence-corrected chi connectivity index (χ0v) is 31.7. The Kier molecular flexibility index (Phi) is 9.14. The molecule has 0 radical (unpaired) electrons. The summed E-state index contributed by atoms with van der Waals surface area (Å²) in [6.45, 7) is 26.2. The summed E-state index contributed by atoms with van der Waals surface area (Å²) in [6, 6.07) is 22.8. The van der Waals surface area contributed by atoms with Crippen molar-refractivity contribution in [2.45, 2.75) is 106 Å². The lowest BCUT2D eigenvalue weighted by Crippen LogP contribution is -2.12. The third-order valence-electron chi connectivity index (χ3n) is 9.23. The van der Waals surface area contributed by atoms with Crippen LogP contribution in [0.25, 0.3) is 22.5 Å². The van der Waals surface area contributed by atoms with Crippen LogP contribution in [0.4, 0.5) is 0 Å². The van der Waals surface area contributed by atoms with E-state index in [0.717, 1.165) is 62.1 Å². The number of pyridine rings is 2. The average Bonchev–Trinajstić information content (AvgIpc) is 3.58. The molecular formula is C43H51N5O2. The third kappa shape index (κ3) is 6.91. The van der Waals surface area contributed by atoms with E-state index in [4.69, 9.17) is 19.6 Å². The van der Waals surface area contributed by atoms with Gasteiger partial charge in [0.25, 0.3) is 0 Å². The van der Waals surface area contributed by atoms with Gasteiger partial charge in [0.15, 0.2) is 11.4 Å². The molecule has 0 amide bonds. The molecule has 0 bridgehead atoms. The highest BCUT2D eigenvalue weighted by Gasteiger charge is 2.24. The first-order valence-corrected chi connectivity index (χ1v) is 17.7. The van der Waals surface area contributed by atoms with Crippen molar-refractivity contribution < 1.29 is 9.47 Å². The molecule has 0 aliphatic carbocycles. The van der Waals surface area contributed by atoms with Gasteiger partial charge in [-0.1, -0.05) is 99.6 Å². The minimum absolute atomic E-state index is 0.0482. The number of hydrogen-bond acceptors (Lipinski definition) is 5. The van der Waals surface area contributed by atoms with Crippen molar-refractivity contribution in [3.63, 3.8) is 0 Å². The predicted molar refractivity (Wildman–Crippen MR) is 204 cm³/mol. The fourth-order valence-electron chi connectivity index (χ4n) is 6.55. The number of aromatic nitrogens is 5. The topological polar surface area (TPSA) is 66.5 Å². The van der Waals surface area contributed by atoms with Crippen LogP contribution in [-0.4, -0.2) is 24.1 Å². The van der Waals surface area contributed by atoms with E-state index in [1.165, 1.54) is 0 Å². The molecule has 7 nitrogen and oxygen atoms in total. The largest absolute Gasteiger partial charge is 0.456 e. The second-order valence-electron chi connectivity index (χ2n) is 16.1. The summed E-state index contributed by atoms with van der Waals surface area (Å²) in [5.74, 6) is 2.94. The van der Waals surface area contributed by atoms with Crippen LogP contribution >= 0.6 is 0 Å². The first kappa shape index (κ1) is 34.9. The molecule has 2 aromatic carbocycles. The Bertz CT molecular complexity index is 2160. The van der Waals surface area contributed by atoms with Gasteiger partial charge in [0.05, 0.1) is 23.3 Å². The van der Waals surface area contributed by atoms with Crippen LogP contribution in [0.5, 0.6) is 23.1 Å². The highest BCUT2D eigenvalue weighted by Crippen LogP contribution is 2.39. The van der Waals surface area contributed by atoms with Crippen LogP contribution in [0.1, 0.15) is 115 Å². The highest BCUT2D eigenvalue weighted by atomic mass is 16.5. The molecule has 0 spiro atoms. The van der Waals surface area contributed by atoms with Crippen LogP contribution in [0.2, 0.25) is 0 Å². The first-order valence-electron chi connectivity index (χ1n) is 17.7.